The van der Waals surface area contributed by atoms with E-state index in [-0.39, 0.29) is 5.92 Å². The Morgan fingerprint density at radius 3 is 2.86 bits per heavy atom. The van der Waals surface area contributed by atoms with Crippen LogP contribution < -0.4 is 4.74 Å². The molecular weight excluding hydrogens is 356 g/mol. The maximum atomic E-state index is 6.10. The molecule has 1 aromatic rings. The Kier molecular flexibility index (Phi) is 8.34. The lowest BCUT2D eigenvalue weighted by atomic mass is 9.92. The van der Waals surface area contributed by atoms with E-state index < -0.39 is 5.79 Å². The quantitative estimate of drug-likeness (QED) is 0.485. The predicted octanol–water partition coefficient (Wildman–Crippen LogP) is 4.45. The minimum atomic E-state index is -0.728. The largest absolute Gasteiger partial charge is 0.497 e. The van der Waals surface area contributed by atoms with Crippen molar-refractivity contribution in [3.05, 3.63) is 42.0 Å². The van der Waals surface area contributed by atoms with Gasteiger partial charge in [0.15, 0.2) is 0 Å². The van der Waals surface area contributed by atoms with Gasteiger partial charge in [-0.15, -0.1) is 0 Å². The van der Waals surface area contributed by atoms with Crippen molar-refractivity contribution in [2.24, 2.45) is 5.92 Å². The second-order valence-corrected chi connectivity index (χ2v) is 7.49. The van der Waals surface area contributed by atoms with Gasteiger partial charge in [0.1, 0.15) is 5.75 Å². The normalized spacial score (nSPS) is 24.0. The van der Waals surface area contributed by atoms with E-state index >= 15 is 0 Å². The average Bonchev–Trinajstić information content (AvgIpc) is 3.20. The van der Waals surface area contributed by atoms with Gasteiger partial charge in [0.05, 0.1) is 39.6 Å². The fourth-order valence-corrected chi connectivity index (χ4v) is 3.95. The Hall–Kier alpha value is -1.40. The number of unbranched alkanes of at least 4 members (excludes halogenated alkanes) is 1. The highest BCUT2D eigenvalue weighted by Gasteiger charge is 2.43. The first-order chi connectivity index (χ1) is 13.7. The van der Waals surface area contributed by atoms with E-state index in [1.54, 1.807) is 7.11 Å². The minimum absolute atomic E-state index is 0.108. The highest BCUT2D eigenvalue weighted by Crippen LogP contribution is 2.40. The second-order valence-electron chi connectivity index (χ2n) is 7.49. The number of hydrogen-bond donors (Lipinski definition) is 0. The van der Waals surface area contributed by atoms with E-state index in [2.05, 4.69) is 19.1 Å². The van der Waals surface area contributed by atoms with Crippen LogP contribution in [0.3, 0.4) is 0 Å². The SMILES string of the molecule is COc1cccc(C2(C(C)/C=C/CCCC3CCCOCCO3)OCCO2)c1. The van der Waals surface area contributed by atoms with Gasteiger partial charge in [-0.2, -0.15) is 0 Å². The summed E-state index contributed by atoms with van der Waals surface area (Å²) in [4.78, 5) is 0. The van der Waals surface area contributed by atoms with Crippen LogP contribution in [-0.2, 0) is 24.7 Å². The molecule has 2 aliphatic rings. The van der Waals surface area contributed by atoms with Gasteiger partial charge in [0, 0.05) is 18.1 Å². The van der Waals surface area contributed by atoms with Gasteiger partial charge in [-0.3, -0.25) is 0 Å². The Labute approximate surface area is 169 Å². The molecule has 0 amide bonds. The number of allylic oxidation sites excluding steroid dienone is 1. The smallest absolute Gasteiger partial charge is 0.201 e. The second kappa shape index (κ2) is 11.0. The zero-order valence-corrected chi connectivity index (χ0v) is 17.2. The van der Waals surface area contributed by atoms with Gasteiger partial charge in [0.2, 0.25) is 5.79 Å². The summed E-state index contributed by atoms with van der Waals surface area (Å²) < 4.78 is 28.9. The molecule has 2 saturated heterocycles. The van der Waals surface area contributed by atoms with Crippen molar-refractivity contribution in [3.8, 4) is 5.75 Å². The topological polar surface area (TPSA) is 46.2 Å². The molecule has 156 valence electrons. The fraction of sp³-hybridized carbons (Fsp3) is 0.652. The monoisotopic (exact) mass is 390 g/mol. The fourth-order valence-electron chi connectivity index (χ4n) is 3.95. The maximum absolute atomic E-state index is 6.10. The first-order valence-electron chi connectivity index (χ1n) is 10.5. The first-order valence-corrected chi connectivity index (χ1v) is 10.5. The van der Waals surface area contributed by atoms with Gasteiger partial charge in [-0.1, -0.05) is 31.2 Å². The van der Waals surface area contributed by atoms with Gasteiger partial charge in [-0.05, 0) is 44.2 Å². The van der Waals surface area contributed by atoms with Crippen LogP contribution in [0.5, 0.6) is 5.75 Å². The van der Waals surface area contributed by atoms with E-state index in [4.69, 9.17) is 23.7 Å². The van der Waals surface area contributed by atoms with Crippen molar-refractivity contribution >= 4 is 0 Å². The third-order valence-corrected chi connectivity index (χ3v) is 5.51. The molecule has 3 rings (SSSR count). The van der Waals surface area contributed by atoms with Crippen LogP contribution >= 0.6 is 0 Å². The van der Waals surface area contributed by atoms with Crippen molar-refractivity contribution in [1.82, 2.24) is 0 Å². The zero-order chi connectivity index (χ0) is 19.7. The number of rotatable bonds is 8. The molecule has 0 aromatic heterocycles. The molecule has 5 heteroatoms. The molecule has 2 heterocycles. The highest BCUT2D eigenvalue weighted by atomic mass is 16.7. The number of ether oxygens (including phenoxy) is 5. The van der Waals surface area contributed by atoms with Crippen LogP contribution in [0.2, 0.25) is 0 Å². The standard InChI is InChI=1S/C23H34O5/c1-19(8-4-3-5-10-21-12-7-13-25-14-15-26-21)23(27-16-17-28-23)20-9-6-11-22(18-20)24-2/h4,6,8-9,11,18-19,21H,3,5,7,10,12-17H2,1-2H3/b8-4+. The summed E-state index contributed by atoms with van der Waals surface area (Å²) >= 11 is 0. The molecule has 2 fully saturated rings. The Balaban J connectivity index is 1.53. The molecule has 2 unspecified atom stereocenters. The Bertz CT molecular complexity index is 601. The third-order valence-electron chi connectivity index (χ3n) is 5.51. The van der Waals surface area contributed by atoms with Crippen LogP contribution in [-0.4, -0.2) is 46.2 Å². The first kappa shape index (κ1) is 21.3. The van der Waals surface area contributed by atoms with E-state index in [1.165, 1.54) is 0 Å². The van der Waals surface area contributed by atoms with Crippen LogP contribution in [0, 0.1) is 5.92 Å². The summed E-state index contributed by atoms with van der Waals surface area (Å²) in [7, 11) is 1.68. The third kappa shape index (κ3) is 5.57. The van der Waals surface area contributed by atoms with Gasteiger partial charge >= 0.3 is 0 Å². The summed E-state index contributed by atoms with van der Waals surface area (Å²) in [5, 5.41) is 0. The molecule has 0 saturated carbocycles. The Morgan fingerprint density at radius 1 is 1.18 bits per heavy atom. The molecule has 0 spiro atoms. The predicted molar refractivity (Wildman–Crippen MR) is 109 cm³/mol. The van der Waals surface area contributed by atoms with E-state index in [9.17, 15) is 0 Å². The molecule has 0 bridgehead atoms. The molecular formula is C23H34O5. The molecule has 28 heavy (non-hydrogen) atoms. The van der Waals surface area contributed by atoms with Crippen LogP contribution in [0.1, 0.15) is 44.6 Å². The summed E-state index contributed by atoms with van der Waals surface area (Å²) in [6.45, 7) is 5.68. The molecule has 0 N–H and O–H groups in total. The van der Waals surface area contributed by atoms with Crippen molar-refractivity contribution in [2.75, 3.05) is 40.1 Å². The molecule has 2 aliphatic heterocycles. The minimum Gasteiger partial charge on any atom is -0.497 e. The molecule has 5 nitrogen and oxygen atoms in total. The highest BCUT2D eigenvalue weighted by molar-refractivity contribution is 5.32. The number of benzene rings is 1. The van der Waals surface area contributed by atoms with Gasteiger partial charge in [-0.25, -0.2) is 0 Å². The Morgan fingerprint density at radius 2 is 2.04 bits per heavy atom. The van der Waals surface area contributed by atoms with E-state index in [0.717, 1.165) is 63.2 Å². The van der Waals surface area contributed by atoms with Crippen LogP contribution in [0.4, 0.5) is 0 Å². The van der Waals surface area contributed by atoms with Crippen molar-refractivity contribution < 1.29 is 23.7 Å². The van der Waals surface area contributed by atoms with Crippen LogP contribution in [0.25, 0.3) is 0 Å². The zero-order valence-electron chi connectivity index (χ0n) is 17.2. The maximum Gasteiger partial charge on any atom is 0.201 e. The molecule has 1 aromatic carbocycles. The summed E-state index contributed by atoms with van der Waals surface area (Å²) in [6.07, 6.45) is 10.3. The van der Waals surface area contributed by atoms with E-state index in [0.29, 0.717) is 19.3 Å². The molecule has 0 radical (unpaired) electrons. The van der Waals surface area contributed by atoms with Crippen molar-refractivity contribution in [1.29, 1.82) is 0 Å². The summed E-state index contributed by atoms with van der Waals surface area (Å²) in [6, 6.07) is 7.98. The van der Waals surface area contributed by atoms with E-state index in [1.807, 2.05) is 24.3 Å². The van der Waals surface area contributed by atoms with Crippen molar-refractivity contribution in [2.45, 2.75) is 50.9 Å². The number of hydrogen-bond acceptors (Lipinski definition) is 5. The molecule has 2 atom stereocenters. The lowest BCUT2D eigenvalue weighted by molar-refractivity contribution is -0.190. The lowest BCUT2D eigenvalue weighted by Gasteiger charge is -2.32. The molecule has 0 aliphatic carbocycles. The summed E-state index contributed by atoms with van der Waals surface area (Å²) in [5.41, 5.74) is 1.01. The average molecular weight is 391 g/mol. The summed E-state index contributed by atoms with van der Waals surface area (Å²) in [5.74, 6) is 0.196. The van der Waals surface area contributed by atoms with Gasteiger partial charge in [0.25, 0.3) is 0 Å². The lowest BCUT2D eigenvalue weighted by Crippen LogP contribution is -2.34. The van der Waals surface area contributed by atoms with Gasteiger partial charge < -0.3 is 23.7 Å². The van der Waals surface area contributed by atoms with Crippen LogP contribution in [0.15, 0.2) is 36.4 Å². The van der Waals surface area contributed by atoms with Crippen molar-refractivity contribution in [3.63, 3.8) is 0 Å². The number of methoxy groups -OCH3 is 1.